The van der Waals surface area contributed by atoms with E-state index < -0.39 is 0 Å². The summed E-state index contributed by atoms with van der Waals surface area (Å²) in [6.07, 6.45) is 5.08. The maximum atomic E-state index is 6.01. The monoisotopic (exact) mass is 338 g/mol. The Morgan fingerprint density at radius 1 is 1.45 bits per heavy atom. The summed E-state index contributed by atoms with van der Waals surface area (Å²) in [5, 5.41) is 0. The lowest BCUT2D eigenvalue weighted by atomic mass is 10.0. The maximum absolute atomic E-state index is 6.01. The number of hydrogen-bond acceptors (Lipinski definition) is 3. The highest BCUT2D eigenvalue weighted by molar-refractivity contribution is 9.10. The molecule has 1 aliphatic carbocycles. The molecule has 0 bridgehead atoms. The normalized spacial score (nSPS) is 27.4. The van der Waals surface area contributed by atoms with Crippen LogP contribution in [0.3, 0.4) is 0 Å². The molecule has 2 N–H and O–H groups in total. The van der Waals surface area contributed by atoms with Crippen LogP contribution in [0.25, 0.3) is 0 Å². The van der Waals surface area contributed by atoms with Crippen LogP contribution in [-0.2, 0) is 11.2 Å². The zero-order valence-corrected chi connectivity index (χ0v) is 13.6. The molecule has 3 atom stereocenters. The predicted molar refractivity (Wildman–Crippen MR) is 86.2 cm³/mol. The number of rotatable bonds is 3. The SMILES string of the molecule is CC(N)Cc1ccc(Br)cc1N1CCOC2CCCC21. The lowest BCUT2D eigenvalue weighted by Gasteiger charge is -2.40. The summed E-state index contributed by atoms with van der Waals surface area (Å²) in [7, 11) is 0. The largest absolute Gasteiger partial charge is 0.374 e. The molecule has 1 saturated heterocycles. The lowest BCUT2D eigenvalue weighted by Crippen LogP contribution is -2.49. The minimum absolute atomic E-state index is 0.190. The molecule has 3 rings (SSSR count). The van der Waals surface area contributed by atoms with Crippen molar-refractivity contribution in [2.24, 2.45) is 5.73 Å². The third-order valence-corrected chi connectivity index (χ3v) is 4.87. The van der Waals surface area contributed by atoms with Crippen LogP contribution in [0.15, 0.2) is 22.7 Å². The Hall–Kier alpha value is -0.580. The molecule has 1 aromatic rings. The minimum atomic E-state index is 0.190. The van der Waals surface area contributed by atoms with Crippen LogP contribution in [0.5, 0.6) is 0 Å². The van der Waals surface area contributed by atoms with Gasteiger partial charge in [-0.15, -0.1) is 0 Å². The van der Waals surface area contributed by atoms with E-state index in [2.05, 4.69) is 46.0 Å². The second kappa shape index (κ2) is 6.04. The quantitative estimate of drug-likeness (QED) is 0.920. The van der Waals surface area contributed by atoms with Gasteiger partial charge in [0.25, 0.3) is 0 Å². The first-order valence-corrected chi connectivity index (χ1v) is 8.36. The molecule has 20 heavy (non-hydrogen) atoms. The van der Waals surface area contributed by atoms with Gasteiger partial charge in [0.15, 0.2) is 0 Å². The number of benzene rings is 1. The van der Waals surface area contributed by atoms with E-state index in [-0.39, 0.29) is 6.04 Å². The van der Waals surface area contributed by atoms with Crippen LogP contribution in [-0.4, -0.2) is 31.3 Å². The van der Waals surface area contributed by atoms with E-state index >= 15 is 0 Å². The summed E-state index contributed by atoms with van der Waals surface area (Å²) < 4.78 is 7.07. The molecule has 0 radical (unpaired) electrons. The Morgan fingerprint density at radius 2 is 2.30 bits per heavy atom. The van der Waals surface area contributed by atoms with Gasteiger partial charge in [-0.05, 0) is 50.3 Å². The highest BCUT2D eigenvalue weighted by atomic mass is 79.9. The molecule has 1 saturated carbocycles. The van der Waals surface area contributed by atoms with Crippen molar-refractivity contribution >= 4 is 21.6 Å². The standard InChI is InChI=1S/C16H23BrN2O/c1-11(18)9-12-5-6-13(17)10-15(12)19-7-8-20-16-4-2-3-14(16)19/h5-6,10-11,14,16H,2-4,7-9,18H2,1H3. The van der Waals surface area contributed by atoms with Crippen LogP contribution in [0.4, 0.5) is 5.69 Å². The smallest absolute Gasteiger partial charge is 0.0779 e. The third kappa shape index (κ3) is 2.87. The van der Waals surface area contributed by atoms with Crippen molar-refractivity contribution in [2.45, 2.75) is 50.8 Å². The number of halogens is 1. The molecule has 3 unspecified atom stereocenters. The highest BCUT2D eigenvalue weighted by Crippen LogP contribution is 2.36. The Kier molecular flexibility index (Phi) is 4.34. The predicted octanol–water partition coefficient (Wildman–Crippen LogP) is 3.10. The molecule has 3 nitrogen and oxygen atoms in total. The first-order chi connectivity index (χ1) is 9.65. The number of anilines is 1. The van der Waals surface area contributed by atoms with E-state index in [1.165, 1.54) is 30.5 Å². The molecule has 0 amide bonds. The van der Waals surface area contributed by atoms with Gasteiger partial charge < -0.3 is 15.4 Å². The van der Waals surface area contributed by atoms with Gasteiger partial charge in [0.05, 0.1) is 18.8 Å². The Morgan fingerprint density at radius 3 is 3.10 bits per heavy atom. The minimum Gasteiger partial charge on any atom is -0.374 e. The van der Waals surface area contributed by atoms with Crippen molar-refractivity contribution in [2.75, 3.05) is 18.1 Å². The molecule has 1 aromatic carbocycles. The van der Waals surface area contributed by atoms with E-state index in [1.807, 2.05) is 0 Å². The maximum Gasteiger partial charge on any atom is 0.0779 e. The van der Waals surface area contributed by atoms with Gasteiger partial charge in [-0.3, -0.25) is 0 Å². The van der Waals surface area contributed by atoms with Gasteiger partial charge >= 0.3 is 0 Å². The second-order valence-corrected chi connectivity index (χ2v) is 6.97. The zero-order valence-electron chi connectivity index (χ0n) is 12.0. The zero-order chi connectivity index (χ0) is 14.1. The van der Waals surface area contributed by atoms with E-state index in [1.54, 1.807) is 0 Å². The van der Waals surface area contributed by atoms with Gasteiger partial charge in [0, 0.05) is 22.7 Å². The van der Waals surface area contributed by atoms with Crippen LogP contribution in [0, 0.1) is 0 Å². The van der Waals surface area contributed by atoms with Crippen molar-refractivity contribution in [1.82, 2.24) is 0 Å². The number of hydrogen-bond donors (Lipinski definition) is 1. The molecule has 0 spiro atoms. The first kappa shape index (κ1) is 14.4. The topological polar surface area (TPSA) is 38.5 Å². The van der Waals surface area contributed by atoms with Crippen LogP contribution < -0.4 is 10.6 Å². The average Bonchev–Trinajstić information content (AvgIpc) is 2.88. The number of nitrogens with zero attached hydrogens (tertiary/aromatic N) is 1. The van der Waals surface area contributed by atoms with Crippen molar-refractivity contribution < 1.29 is 4.74 Å². The second-order valence-electron chi connectivity index (χ2n) is 6.06. The fourth-order valence-electron chi connectivity index (χ4n) is 3.55. The van der Waals surface area contributed by atoms with Gasteiger partial charge in [0.2, 0.25) is 0 Å². The summed E-state index contributed by atoms with van der Waals surface area (Å²) in [5.41, 5.74) is 8.71. The molecule has 1 aliphatic heterocycles. The van der Waals surface area contributed by atoms with Crippen molar-refractivity contribution in [3.63, 3.8) is 0 Å². The van der Waals surface area contributed by atoms with Gasteiger partial charge in [-0.2, -0.15) is 0 Å². The number of nitrogens with two attached hydrogens (primary N) is 1. The molecule has 2 aliphatic rings. The Balaban J connectivity index is 1.92. The van der Waals surface area contributed by atoms with E-state index in [9.17, 15) is 0 Å². The first-order valence-electron chi connectivity index (χ1n) is 7.57. The molecular weight excluding hydrogens is 316 g/mol. The fraction of sp³-hybridized carbons (Fsp3) is 0.625. The summed E-state index contributed by atoms with van der Waals surface area (Å²) in [5.74, 6) is 0. The number of morpholine rings is 1. The molecule has 4 heteroatoms. The number of fused-ring (bicyclic) bond motifs is 1. The third-order valence-electron chi connectivity index (χ3n) is 4.38. The molecular formula is C16H23BrN2O. The molecule has 2 fully saturated rings. The van der Waals surface area contributed by atoms with Crippen LogP contribution in [0.2, 0.25) is 0 Å². The van der Waals surface area contributed by atoms with Gasteiger partial charge in [-0.25, -0.2) is 0 Å². The molecule has 0 aromatic heterocycles. The average molecular weight is 339 g/mol. The molecule has 110 valence electrons. The van der Waals surface area contributed by atoms with Crippen LogP contribution >= 0.6 is 15.9 Å². The Bertz CT molecular complexity index is 478. The highest BCUT2D eigenvalue weighted by Gasteiger charge is 2.36. The van der Waals surface area contributed by atoms with Crippen LogP contribution in [0.1, 0.15) is 31.7 Å². The van der Waals surface area contributed by atoms with E-state index in [4.69, 9.17) is 10.5 Å². The van der Waals surface area contributed by atoms with Gasteiger partial charge in [0.1, 0.15) is 0 Å². The molecule has 1 heterocycles. The summed E-state index contributed by atoms with van der Waals surface area (Å²) in [6, 6.07) is 7.31. The lowest BCUT2D eigenvalue weighted by molar-refractivity contribution is 0.0256. The van der Waals surface area contributed by atoms with Crippen molar-refractivity contribution in [1.29, 1.82) is 0 Å². The summed E-state index contributed by atoms with van der Waals surface area (Å²) in [4.78, 5) is 2.56. The fourth-order valence-corrected chi connectivity index (χ4v) is 3.90. The Labute approximate surface area is 129 Å². The number of ether oxygens (including phenoxy) is 1. The summed E-state index contributed by atoms with van der Waals surface area (Å²) in [6.45, 7) is 3.90. The summed E-state index contributed by atoms with van der Waals surface area (Å²) >= 11 is 3.61. The van der Waals surface area contributed by atoms with Gasteiger partial charge in [-0.1, -0.05) is 22.0 Å². The van der Waals surface area contributed by atoms with E-state index in [0.717, 1.165) is 24.0 Å². The van der Waals surface area contributed by atoms with E-state index in [0.29, 0.717) is 12.1 Å². The van der Waals surface area contributed by atoms with Crippen molar-refractivity contribution in [3.8, 4) is 0 Å². The van der Waals surface area contributed by atoms with Crippen molar-refractivity contribution in [3.05, 3.63) is 28.2 Å².